The van der Waals surface area contributed by atoms with Crippen LogP contribution in [-0.4, -0.2) is 19.9 Å². The van der Waals surface area contributed by atoms with Crippen molar-refractivity contribution in [3.63, 3.8) is 0 Å². The molecule has 12 rings (SSSR count). The van der Waals surface area contributed by atoms with Gasteiger partial charge in [0.15, 0.2) is 17.0 Å². The number of oxazole rings is 2. The monoisotopic (exact) mass is 716 g/mol. The van der Waals surface area contributed by atoms with Gasteiger partial charge in [0.05, 0.1) is 11.2 Å². The van der Waals surface area contributed by atoms with Crippen molar-refractivity contribution >= 4 is 76.2 Å². The van der Waals surface area contributed by atoms with Gasteiger partial charge in [0.25, 0.3) is 0 Å². The summed E-state index contributed by atoms with van der Waals surface area (Å²) < 4.78 is 13.0. The van der Waals surface area contributed by atoms with Gasteiger partial charge in [0.2, 0.25) is 11.8 Å². The zero-order valence-electron chi connectivity index (χ0n) is 29.8. The summed E-state index contributed by atoms with van der Waals surface area (Å²) in [6.45, 7) is 0. The Bertz CT molecular complexity index is 3380. The molecule has 12 aromatic rings. The number of benzene rings is 9. The molecule has 0 aliphatic rings. The minimum atomic E-state index is 0.577. The van der Waals surface area contributed by atoms with E-state index in [0.29, 0.717) is 17.6 Å². The summed E-state index contributed by atoms with van der Waals surface area (Å²) in [6.07, 6.45) is 0. The quantitative estimate of drug-likeness (QED) is 0.169. The van der Waals surface area contributed by atoms with Crippen molar-refractivity contribution in [2.45, 2.75) is 0 Å². The van der Waals surface area contributed by atoms with Gasteiger partial charge in [-0.3, -0.25) is 0 Å². The van der Waals surface area contributed by atoms with Crippen molar-refractivity contribution in [3.8, 4) is 45.6 Å². The molecule has 56 heavy (non-hydrogen) atoms. The van der Waals surface area contributed by atoms with E-state index in [4.69, 9.17) is 28.8 Å². The highest BCUT2D eigenvalue weighted by Gasteiger charge is 2.19. The molecule has 0 aliphatic heterocycles. The molecule has 6 heteroatoms. The Morgan fingerprint density at radius 2 is 0.661 bits per heavy atom. The molecular formula is C50H28N4O2. The second-order valence-corrected chi connectivity index (χ2v) is 14.1. The topological polar surface area (TPSA) is 77.8 Å². The fourth-order valence-corrected chi connectivity index (χ4v) is 8.26. The molecule has 3 heterocycles. The number of aromatic nitrogens is 4. The maximum Gasteiger partial charge on any atom is 0.227 e. The van der Waals surface area contributed by atoms with Gasteiger partial charge in [0, 0.05) is 49.2 Å². The first-order chi connectivity index (χ1) is 27.7. The molecule has 0 spiro atoms. The largest absolute Gasteiger partial charge is 0.435 e. The van der Waals surface area contributed by atoms with E-state index in [-0.39, 0.29) is 0 Å². The molecule has 0 bridgehead atoms. The lowest BCUT2D eigenvalue weighted by molar-refractivity contribution is 0.622. The Labute approximate surface area is 319 Å². The van der Waals surface area contributed by atoms with Crippen LogP contribution in [0.25, 0.3) is 122 Å². The van der Waals surface area contributed by atoms with E-state index in [0.717, 1.165) is 93.4 Å². The number of hydrogen-bond acceptors (Lipinski definition) is 6. The van der Waals surface area contributed by atoms with Gasteiger partial charge >= 0.3 is 0 Å². The molecule has 260 valence electrons. The third-order valence-corrected chi connectivity index (χ3v) is 10.9. The maximum absolute atomic E-state index is 6.52. The average Bonchev–Trinajstić information content (AvgIpc) is 3.94. The minimum absolute atomic E-state index is 0.577. The highest BCUT2D eigenvalue weighted by Crippen LogP contribution is 2.40. The van der Waals surface area contributed by atoms with E-state index < -0.39 is 0 Å². The third kappa shape index (κ3) is 4.63. The molecule has 0 unspecified atom stereocenters. The van der Waals surface area contributed by atoms with E-state index in [1.807, 2.05) is 60.7 Å². The summed E-state index contributed by atoms with van der Waals surface area (Å²) in [4.78, 5) is 20.2. The molecule has 0 saturated heterocycles. The highest BCUT2D eigenvalue weighted by atomic mass is 16.4. The zero-order valence-corrected chi connectivity index (χ0v) is 29.8. The van der Waals surface area contributed by atoms with Gasteiger partial charge in [-0.05, 0) is 51.9 Å². The van der Waals surface area contributed by atoms with Crippen LogP contribution in [0.2, 0.25) is 0 Å². The number of nitrogens with zero attached hydrogens (tertiary/aromatic N) is 4. The van der Waals surface area contributed by atoms with Crippen LogP contribution in [-0.2, 0) is 0 Å². The first-order valence-electron chi connectivity index (χ1n) is 18.6. The van der Waals surface area contributed by atoms with E-state index in [9.17, 15) is 0 Å². The minimum Gasteiger partial charge on any atom is -0.435 e. The molecule has 0 atom stereocenters. The second kappa shape index (κ2) is 11.9. The van der Waals surface area contributed by atoms with Gasteiger partial charge in [0.1, 0.15) is 11.0 Å². The van der Waals surface area contributed by atoms with E-state index in [2.05, 4.69) is 109 Å². The summed E-state index contributed by atoms with van der Waals surface area (Å²) in [5.41, 5.74) is 8.71. The molecule has 0 radical (unpaired) electrons. The number of para-hydroxylation sites is 1. The molecule has 0 saturated carbocycles. The smallest absolute Gasteiger partial charge is 0.227 e. The molecule has 0 fully saturated rings. The highest BCUT2D eigenvalue weighted by molar-refractivity contribution is 6.24. The summed E-state index contributed by atoms with van der Waals surface area (Å²) >= 11 is 0. The van der Waals surface area contributed by atoms with Crippen molar-refractivity contribution in [2.75, 3.05) is 0 Å². The van der Waals surface area contributed by atoms with Crippen molar-refractivity contribution < 1.29 is 8.83 Å². The Morgan fingerprint density at radius 3 is 1.16 bits per heavy atom. The summed E-state index contributed by atoms with van der Waals surface area (Å²) in [5, 5.41) is 9.89. The number of rotatable bonds is 4. The lowest BCUT2D eigenvalue weighted by Crippen LogP contribution is -1.95. The first kappa shape index (κ1) is 30.7. The van der Waals surface area contributed by atoms with Crippen molar-refractivity contribution in [1.82, 2.24) is 19.9 Å². The summed E-state index contributed by atoms with van der Waals surface area (Å²) in [7, 11) is 0. The Kier molecular flexibility index (Phi) is 6.53. The summed E-state index contributed by atoms with van der Waals surface area (Å²) in [5.74, 6) is 1.80. The van der Waals surface area contributed by atoms with E-state index in [1.165, 1.54) is 10.8 Å². The number of hydrogen-bond donors (Lipinski definition) is 0. The Morgan fingerprint density at radius 1 is 0.286 bits per heavy atom. The van der Waals surface area contributed by atoms with Crippen LogP contribution in [0.3, 0.4) is 0 Å². The second-order valence-electron chi connectivity index (χ2n) is 14.1. The molecule has 3 aromatic heterocycles. The lowest BCUT2D eigenvalue weighted by Gasteiger charge is -2.10. The van der Waals surface area contributed by atoms with Crippen LogP contribution in [0.4, 0.5) is 0 Å². The van der Waals surface area contributed by atoms with Crippen molar-refractivity contribution in [1.29, 1.82) is 0 Å². The molecule has 0 amide bonds. The predicted molar refractivity (Wildman–Crippen MR) is 226 cm³/mol. The first-order valence-corrected chi connectivity index (χ1v) is 18.6. The van der Waals surface area contributed by atoms with Crippen molar-refractivity contribution in [3.05, 3.63) is 170 Å². The van der Waals surface area contributed by atoms with Gasteiger partial charge in [-0.25, -0.2) is 19.9 Å². The van der Waals surface area contributed by atoms with E-state index in [1.54, 1.807) is 0 Å². The third-order valence-electron chi connectivity index (χ3n) is 10.9. The fourth-order valence-electron chi connectivity index (χ4n) is 8.26. The van der Waals surface area contributed by atoms with E-state index >= 15 is 0 Å². The lowest BCUT2D eigenvalue weighted by atomic mass is 10.0. The maximum atomic E-state index is 6.52. The van der Waals surface area contributed by atoms with Crippen molar-refractivity contribution in [2.24, 2.45) is 0 Å². The van der Waals surface area contributed by atoms with Crippen LogP contribution in [0, 0.1) is 0 Å². The SMILES string of the molecule is c1ccc2c(-c3ccc(-c4nc5c6ccccc6c6ccccc6c5o4)cc3)nc(-c3ccc(-c4nc5c6ccccc6c6ccccc6c5o4)cc3)nc2c1. The van der Waals surface area contributed by atoms with Crippen LogP contribution in [0.1, 0.15) is 0 Å². The van der Waals surface area contributed by atoms with Gasteiger partial charge < -0.3 is 8.83 Å². The average molecular weight is 717 g/mol. The molecule has 0 aliphatic carbocycles. The Hall–Kier alpha value is -7.70. The van der Waals surface area contributed by atoms with Gasteiger partial charge in [-0.2, -0.15) is 0 Å². The standard InChI is InChI=1S/C50H28N4O2/c1-5-15-37-33(11-1)35-13-3-7-17-39(35)46-44(37)53-49(55-46)31-25-21-29(22-26-31)43-41-19-9-10-20-42(41)51-48(52-43)30-23-27-32(28-24-30)50-54-45-38-16-6-2-12-34(38)36-14-4-8-18-40(36)47(45)56-50/h1-28H. The molecule has 6 nitrogen and oxygen atoms in total. The number of fused-ring (bicyclic) bond motifs is 13. The normalized spacial score (nSPS) is 11.9. The van der Waals surface area contributed by atoms with Gasteiger partial charge in [-0.15, -0.1) is 0 Å². The molecule has 9 aromatic carbocycles. The van der Waals surface area contributed by atoms with Crippen LogP contribution >= 0.6 is 0 Å². The molecule has 0 N–H and O–H groups in total. The van der Waals surface area contributed by atoms with Crippen LogP contribution in [0.15, 0.2) is 179 Å². The zero-order chi connectivity index (χ0) is 36.7. The Balaban J connectivity index is 0.922. The fraction of sp³-hybridized carbons (Fsp3) is 0. The predicted octanol–water partition coefficient (Wildman–Crippen LogP) is 13.2. The van der Waals surface area contributed by atoms with Crippen LogP contribution < -0.4 is 0 Å². The van der Waals surface area contributed by atoms with Crippen LogP contribution in [0.5, 0.6) is 0 Å². The molecular weight excluding hydrogens is 689 g/mol. The van der Waals surface area contributed by atoms with Gasteiger partial charge in [-0.1, -0.05) is 140 Å². The summed E-state index contributed by atoms with van der Waals surface area (Å²) in [6, 6.07) is 58.0.